The third-order valence-corrected chi connectivity index (χ3v) is 10.4. The second kappa shape index (κ2) is 12.2. The van der Waals surface area contributed by atoms with Crippen LogP contribution < -0.4 is 5.32 Å². The first kappa shape index (κ1) is 31.2. The van der Waals surface area contributed by atoms with Crippen LogP contribution in [0.3, 0.4) is 0 Å². The number of anilines is 1. The minimum Gasteiger partial charge on any atom is -0.444 e. The average molecular weight is 631 g/mol. The second-order valence-electron chi connectivity index (χ2n) is 14.6. The number of hydrogen-bond donors (Lipinski definition) is 1. The Morgan fingerprint density at radius 3 is 2.44 bits per heavy atom. The maximum Gasteiger partial charge on any atom is 0.410 e. The fourth-order valence-electron chi connectivity index (χ4n) is 6.38. The Kier molecular flexibility index (Phi) is 8.46. The van der Waals surface area contributed by atoms with Crippen molar-refractivity contribution in [2.24, 2.45) is 7.05 Å². The topological polar surface area (TPSA) is 112 Å². The molecule has 0 saturated carbocycles. The molecule has 12 heteroatoms. The number of ether oxygens (including phenoxy) is 2. The van der Waals surface area contributed by atoms with Gasteiger partial charge in [-0.15, -0.1) is 0 Å². The van der Waals surface area contributed by atoms with Crippen LogP contribution in [0, 0.1) is 0 Å². The molecule has 0 unspecified atom stereocenters. The molecule has 0 aromatic carbocycles. The molecule has 0 spiro atoms. The predicted octanol–water partition coefficient (Wildman–Crippen LogP) is 6.56. The molecule has 2 saturated heterocycles. The van der Waals surface area contributed by atoms with Crippen molar-refractivity contribution in [3.63, 3.8) is 0 Å². The highest BCUT2D eigenvalue weighted by molar-refractivity contribution is 6.76. The van der Waals surface area contributed by atoms with Gasteiger partial charge in [0.05, 0.1) is 11.9 Å². The van der Waals surface area contributed by atoms with Crippen molar-refractivity contribution in [3.8, 4) is 22.5 Å². The zero-order valence-electron chi connectivity index (χ0n) is 27.6. The predicted molar refractivity (Wildman–Crippen MR) is 178 cm³/mol. The van der Waals surface area contributed by atoms with E-state index in [4.69, 9.17) is 24.5 Å². The van der Waals surface area contributed by atoms with E-state index in [-0.39, 0.29) is 24.1 Å². The molecule has 0 aliphatic carbocycles. The highest BCUT2D eigenvalue weighted by Gasteiger charge is 2.45. The molecule has 3 atom stereocenters. The summed E-state index contributed by atoms with van der Waals surface area (Å²) < 4.78 is 15.4. The largest absolute Gasteiger partial charge is 0.444 e. The minimum atomic E-state index is -1.18. The number of amides is 1. The molecule has 1 N–H and O–H groups in total. The average Bonchev–Trinajstić information content (AvgIpc) is 3.66. The van der Waals surface area contributed by atoms with Gasteiger partial charge in [0, 0.05) is 75.0 Å². The lowest BCUT2D eigenvalue weighted by atomic mass is 9.88. The normalized spacial score (nSPS) is 20.2. The third kappa shape index (κ3) is 7.06. The molecular formula is C33H46N8O3Si. The molecule has 6 rings (SSSR count). The van der Waals surface area contributed by atoms with Gasteiger partial charge in [0.15, 0.2) is 5.65 Å². The SMILES string of the molecule is Cn1ccc(-c2ccc(-c3cnn4c(NCOCC[Si](C)(C)C)cc([C@@H]5C[C@H]6CC[C@@H](C5)N6C(=O)OC(C)(C)C)nc34)cn2)n1. The number of hydrogen-bond acceptors (Lipinski definition) is 8. The maximum absolute atomic E-state index is 13.1. The number of fused-ring (bicyclic) bond motifs is 3. The van der Waals surface area contributed by atoms with Crippen LogP contribution in [-0.2, 0) is 16.5 Å². The number of rotatable bonds is 9. The minimum absolute atomic E-state index is 0.149. The number of carbonyl (C=O) groups is 1. The zero-order valence-corrected chi connectivity index (χ0v) is 28.6. The van der Waals surface area contributed by atoms with Crippen LogP contribution in [-0.4, -0.2) is 79.5 Å². The monoisotopic (exact) mass is 630 g/mol. The van der Waals surface area contributed by atoms with Crippen molar-refractivity contribution < 1.29 is 14.3 Å². The molecule has 6 heterocycles. The van der Waals surface area contributed by atoms with Gasteiger partial charge in [-0.25, -0.2) is 9.78 Å². The van der Waals surface area contributed by atoms with Crippen molar-refractivity contribution >= 4 is 25.6 Å². The Morgan fingerprint density at radius 1 is 1.07 bits per heavy atom. The number of aromatic nitrogens is 6. The van der Waals surface area contributed by atoms with Crippen LogP contribution in [0.15, 0.2) is 42.9 Å². The van der Waals surface area contributed by atoms with Gasteiger partial charge in [-0.3, -0.25) is 9.67 Å². The maximum atomic E-state index is 13.1. The van der Waals surface area contributed by atoms with Crippen LogP contribution in [0.25, 0.3) is 28.2 Å². The molecule has 2 aliphatic heterocycles. The highest BCUT2D eigenvalue weighted by atomic mass is 28.3. The molecule has 240 valence electrons. The van der Waals surface area contributed by atoms with E-state index < -0.39 is 13.7 Å². The molecule has 0 radical (unpaired) electrons. The number of piperidine rings is 1. The standard InChI is InChI=1S/C33H46N8O3Si/c1-33(2,3)44-32(42)40-24-9-10-25(40)17-23(16-24)29-18-30(35-21-43-14-15-45(5,6)7)41-31(37-29)26(20-36-41)22-8-11-27(34-19-22)28-12-13-39(4)38-28/h8,11-13,18-20,23-25,35H,9-10,14-17,21H2,1-7H3/t23-,24-,25+. The number of nitrogens with zero attached hydrogens (tertiary/aromatic N) is 7. The van der Waals surface area contributed by atoms with Gasteiger partial charge in [0.25, 0.3) is 0 Å². The van der Waals surface area contributed by atoms with Gasteiger partial charge in [0.1, 0.15) is 23.8 Å². The lowest BCUT2D eigenvalue weighted by Crippen LogP contribution is -2.48. The van der Waals surface area contributed by atoms with Crippen LogP contribution in [0.1, 0.15) is 58.1 Å². The molecule has 2 aliphatic rings. The summed E-state index contributed by atoms with van der Waals surface area (Å²) in [6, 6.07) is 9.51. The number of aryl methyl sites for hydroxylation is 1. The Labute approximate surface area is 266 Å². The summed E-state index contributed by atoms with van der Waals surface area (Å²) in [5.41, 5.74) is 4.76. The van der Waals surface area contributed by atoms with Gasteiger partial charge < -0.3 is 19.7 Å². The van der Waals surface area contributed by atoms with Gasteiger partial charge >= 0.3 is 6.09 Å². The third-order valence-electron chi connectivity index (χ3n) is 8.65. The number of carbonyl (C=O) groups excluding carboxylic acids is 1. The summed E-state index contributed by atoms with van der Waals surface area (Å²) in [6.45, 7) is 14.0. The van der Waals surface area contributed by atoms with Crippen molar-refractivity contribution in [2.45, 2.75) is 95.7 Å². The van der Waals surface area contributed by atoms with E-state index in [1.54, 1.807) is 4.68 Å². The van der Waals surface area contributed by atoms with Crippen molar-refractivity contribution in [3.05, 3.63) is 48.5 Å². The molecule has 11 nitrogen and oxygen atoms in total. The smallest absolute Gasteiger partial charge is 0.410 e. The lowest BCUT2D eigenvalue weighted by molar-refractivity contribution is 0.00570. The van der Waals surface area contributed by atoms with E-state index in [2.05, 4.69) is 42.2 Å². The Morgan fingerprint density at radius 2 is 1.82 bits per heavy atom. The first-order chi connectivity index (χ1) is 21.3. The van der Waals surface area contributed by atoms with E-state index >= 15 is 0 Å². The van der Waals surface area contributed by atoms with Gasteiger partial charge in [-0.1, -0.05) is 25.7 Å². The van der Waals surface area contributed by atoms with E-state index in [9.17, 15) is 4.79 Å². The number of nitrogens with one attached hydrogen (secondary N) is 1. The summed E-state index contributed by atoms with van der Waals surface area (Å²) in [5, 5.41) is 12.7. The fourth-order valence-corrected chi connectivity index (χ4v) is 7.14. The Balaban J connectivity index is 1.29. The summed E-state index contributed by atoms with van der Waals surface area (Å²) in [7, 11) is 0.715. The van der Waals surface area contributed by atoms with Crippen molar-refractivity contribution in [1.29, 1.82) is 0 Å². The van der Waals surface area contributed by atoms with Gasteiger partial charge in [-0.05, 0) is 64.6 Å². The first-order valence-electron chi connectivity index (χ1n) is 16.0. The summed E-state index contributed by atoms with van der Waals surface area (Å²) in [4.78, 5) is 25.0. The molecule has 2 bridgehead atoms. The fraction of sp³-hybridized carbons (Fsp3) is 0.545. The lowest BCUT2D eigenvalue weighted by Gasteiger charge is -2.39. The molecular weight excluding hydrogens is 585 g/mol. The molecule has 4 aromatic heterocycles. The van der Waals surface area contributed by atoms with E-state index in [1.165, 1.54) is 0 Å². The zero-order chi connectivity index (χ0) is 31.9. The summed E-state index contributed by atoms with van der Waals surface area (Å²) >= 11 is 0. The number of pyridine rings is 1. The summed E-state index contributed by atoms with van der Waals surface area (Å²) in [5.74, 6) is 1.06. The van der Waals surface area contributed by atoms with Gasteiger partial charge in [-0.2, -0.15) is 14.7 Å². The van der Waals surface area contributed by atoms with Crippen molar-refractivity contribution in [1.82, 2.24) is 34.3 Å². The Bertz CT molecular complexity index is 1640. The van der Waals surface area contributed by atoms with Crippen LogP contribution >= 0.6 is 0 Å². The van der Waals surface area contributed by atoms with Crippen LogP contribution in [0.4, 0.5) is 10.6 Å². The van der Waals surface area contributed by atoms with Crippen LogP contribution in [0.5, 0.6) is 0 Å². The second-order valence-corrected chi connectivity index (χ2v) is 20.3. The molecule has 4 aromatic rings. The van der Waals surface area contributed by atoms with E-state index in [0.29, 0.717) is 6.73 Å². The van der Waals surface area contributed by atoms with E-state index in [0.717, 1.165) is 78.0 Å². The Hall–Kier alpha value is -3.77. The molecule has 2 fully saturated rings. The molecule has 1 amide bonds. The highest BCUT2D eigenvalue weighted by Crippen LogP contribution is 2.44. The first-order valence-corrected chi connectivity index (χ1v) is 19.7. The summed E-state index contributed by atoms with van der Waals surface area (Å²) in [6.07, 6.45) is 9.13. The van der Waals surface area contributed by atoms with Crippen molar-refractivity contribution in [2.75, 3.05) is 18.7 Å². The van der Waals surface area contributed by atoms with Crippen LogP contribution in [0.2, 0.25) is 25.7 Å². The molecule has 45 heavy (non-hydrogen) atoms. The van der Waals surface area contributed by atoms with Gasteiger partial charge in [0.2, 0.25) is 0 Å². The quantitative estimate of drug-likeness (QED) is 0.126. The van der Waals surface area contributed by atoms with E-state index in [1.807, 2.05) is 68.0 Å².